The third-order valence-electron chi connectivity index (χ3n) is 3.43. The molecule has 1 unspecified atom stereocenters. The number of hydrogen-bond acceptors (Lipinski definition) is 2. The maximum atomic E-state index is 13.5. The SMILES string of the molecule is O=C(CCc1ccc(F)cc1F)NC(CO)c1ccc(Cl)cc1. The second-order valence-corrected chi connectivity index (χ2v) is 5.53. The molecule has 122 valence electrons. The molecule has 2 aromatic carbocycles. The van der Waals surface area contributed by atoms with Crippen LogP contribution >= 0.6 is 11.6 Å². The number of rotatable bonds is 6. The predicted molar refractivity (Wildman–Crippen MR) is 84.1 cm³/mol. The molecule has 2 aromatic rings. The fourth-order valence-corrected chi connectivity index (χ4v) is 2.29. The van der Waals surface area contributed by atoms with E-state index in [0.717, 1.165) is 17.7 Å². The molecule has 2 rings (SSSR count). The summed E-state index contributed by atoms with van der Waals surface area (Å²) in [6, 6.07) is 9.46. The maximum absolute atomic E-state index is 13.5. The molecule has 1 amide bonds. The molecule has 0 saturated carbocycles. The Labute approximate surface area is 137 Å². The third kappa shape index (κ3) is 5.01. The molecule has 0 fully saturated rings. The van der Waals surface area contributed by atoms with Crippen LogP contribution in [0.15, 0.2) is 42.5 Å². The summed E-state index contributed by atoms with van der Waals surface area (Å²) in [4.78, 5) is 12.0. The summed E-state index contributed by atoms with van der Waals surface area (Å²) in [6.07, 6.45) is 0.184. The minimum absolute atomic E-state index is 0.0344. The van der Waals surface area contributed by atoms with Gasteiger partial charge in [0.05, 0.1) is 12.6 Å². The predicted octanol–water partition coefficient (Wildman–Crippen LogP) is 3.40. The van der Waals surface area contributed by atoms with Crippen molar-refractivity contribution in [3.05, 3.63) is 70.2 Å². The Balaban J connectivity index is 1.93. The molecule has 0 aliphatic rings. The fraction of sp³-hybridized carbons (Fsp3) is 0.235. The average molecular weight is 340 g/mol. The largest absolute Gasteiger partial charge is 0.394 e. The highest BCUT2D eigenvalue weighted by molar-refractivity contribution is 6.30. The lowest BCUT2D eigenvalue weighted by atomic mass is 10.1. The Kier molecular flexibility index (Phi) is 6.07. The fourth-order valence-electron chi connectivity index (χ4n) is 2.17. The first-order valence-electron chi connectivity index (χ1n) is 7.09. The number of nitrogens with one attached hydrogen (secondary N) is 1. The van der Waals surface area contributed by atoms with Crippen molar-refractivity contribution in [2.45, 2.75) is 18.9 Å². The first-order valence-corrected chi connectivity index (χ1v) is 7.47. The van der Waals surface area contributed by atoms with Gasteiger partial charge >= 0.3 is 0 Å². The van der Waals surface area contributed by atoms with Crippen molar-refractivity contribution in [2.24, 2.45) is 0 Å². The number of carbonyl (C=O) groups excluding carboxylic acids is 1. The van der Waals surface area contributed by atoms with Crippen LogP contribution in [0.2, 0.25) is 5.02 Å². The van der Waals surface area contributed by atoms with Gasteiger partial charge in [-0.15, -0.1) is 0 Å². The summed E-state index contributed by atoms with van der Waals surface area (Å²) in [6.45, 7) is -0.266. The lowest BCUT2D eigenvalue weighted by molar-refractivity contribution is -0.122. The Hall–Kier alpha value is -1.98. The molecule has 0 spiro atoms. The van der Waals surface area contributed by atoms with Crippen LogP contribution in [-0.4, -0.2) is 17.6 Å². The zero-order valence-electron chi connectivity index (χ0n) is 12.2. The van der Waals surface area contributed by atoms with Gasteiger partial charge in [-0.05, 0) is 35.7 Å². The monoisotopic (exact) mass is 339 g/mol. The summed E-state index contributed by atoms with van der Waals surface area (Å²) in [7, 11) is 0. The van der Waals surface area contributed by atoms with Crippen molar-refractivity contribution in [1.29, 1.82) is 0 Å². The number of amides is 1. The molecule has 3 nitrogen and oxygen atoms in total. The van der Waals surface area contributed by atoms with Crippen molar-refractivity contribution in [1.82, 2.24) is 5.32 Å². The number of carbonyl (C=O) groups is 1. The Morgan fingerprint density at radius 1 is 1.17 bits per heavy atom. The van der Waals surface area contributed by atoms with E-state index < -0.39 is 17.7 Å². The lowest BCUT2D eigenvalue weighted by Crippen LogP contribution is -2.30. The molecule has 6 heteroatoms. The van der Waals surface area contributed by atoms with Crippen molar-refractivity contribution in [3.8, 4) is 0 Å². The van der Waals surface area contributed by atoms with Gasteiger partial charge in [0.2, 0.25) is 5.91 Å². The lowest BCUT2D eigenvalue weighted by Gasteiger charge is -2.17. The normalized spacial score (nSPS) is 12.0. The van der Waals surface area contributed by atoms with Crippen molar-refractivity contribution < 1.29 is 18.7 Å². The Morgan fingerprint density at radius 2 is 1.87 bits per heavy atom. The number of aliphatic hydroxyl groups excluding tert-OH is 1. The van der Waals surface area contributed by atoms with E-state index in [2.05, 4.69) is 5.32 Å². The van der Waals surface area contributed by atoms with Crippen LogP contribution in [0.1, 0.15) is 23.6 Å². The number of aliphatic hydroxyl groups is 1. The van der Waals surface area contributed by atoms with Gasteiger partial charge in [-0.1, -0.05) is 29.8 Å². The zero-order valence-corrected chi connectivity index (χ0v) is 13.0. The van der Waals surface area contributed by atoms with Gasteiger partial charge in [0.25, 0.3) is 0 Å². The molecular weight excluding hydrogens is 324 g/mol. The number of benzene rings is 2. The quantitative estimate of drug-likeness (QED) is 0.847. The summed E-state index contributed by atoms with van der Waals surface area (Å²) < 4.78 is 26.3. The van der Waals surface area contributed by atoms with E-state index in [4.69, 9.17) is 11.6 Å². The van der Waals surface area contributed by atoms with Gasteiger partial charge in [-0.2, -0.15) is 0 Å². The first-order chi connectivity index (χ1) is 11.0. The maximum Gasteiger partial charge on any atom is 0.220 e. The topological polar surface area (TPSA) is 49.3 Å². The van der Waals surface area contributed by atoms with Crippen molar-refractivity contribution >= 4 is 17.5 Å². The second kappa shape index (κ2) is 8.04. The number of aryl methyl sites for hydroxylation is 1. The van der Waals surface area contributed by atoms with E-state index in [0.29, 0.717) is 5.02 Å². The molecule has 0 bridgehead atoms. The summed E-state index contributed by atoms with van der Waals surface area (Å²) in [5.74, 6) is -1.66. The molecule has 0 heterocycles. The summed E-state index contributed by atoms with van der Waals surface area (Å²) in [5, 5.41) is 12.6. The van der Waals surface area contributed by atoms with Gasteiger partial charge in [-0.25, -0.2) is 8.78 Å². The second-order valence-electron chi connectivity index (χ2n) is 5.09. The van der Waals surface area contributed by atoms with Crippen molar-refractivity contribution in [2.75, 3.05) is 6.61 Å². The van der Waals surface area contributed by atoms with Crippen LogP contribution in [0.5, 0.6) is 0 Å². The molecular formula is C17H16ClF2NO2. The van der Waals surface area contributed by atoms with Gasteiger partial charge in [-0.3, -0.25) is 4.79 Å². The molecule has 0 saturated heterocycles. The minimum atomic E-state index is -0.672. The van der Waals surface area contributed by atoms with E-state index >= 15 is 0 Å². The van der Waals surface area contributed by atoms with Crippen LogP contribution in [0, 0.1) is 11.6 Å². The van der Waals surface area contributed by atoms with E-state index in [1.165, 1.54) is 6.07 Å². The molecule has 23 heavy (non-hydrogen) atoms. The molecule has 2 N–H and O–H groups in total. The van der Waals surface area contributed by atoms with Crippen LogP contribution in [0.3, 0.4) is 0 Å². The van der Waals surface area contributed by atoms with E-state index in [-0.39, 0.29) is 30.9 Å². The van der Waals surface area contributed by atoms with Gasteiger partial charge < -0.3 is 10.4 Å². The van der Waals surface area contributed by atoms with Crippen LogP contribution < -0.4 is 5.32 Å². The number of halogens is 3. The average Bonchev–Trinajstić information content (AvgIpc) is 2.52. The van der Waals surface area contributed by atoms with Gasteiger partial charge in [0.1, 0.15) is 11.6 Å². The van der Waals surface area contributed by atoms with E-state index in [9.17, 15) is 18.7 Å². The molecule has 0 aromatic heterocycles. The van der Waals surface area contributed by atoms with E-state index in [1.807, 2.05) is 0 Å². The third-order valence-corrected chi connectivity index (χ3v) is 3.68. The summed E-state index contributed by atoms with van der Waals surface area (Å²) in [5.41, 5.74) is 0.992. The zero-order chi connectivity index (χ0) is 16.8. The number of hydrogen-bond donors (Lipinski definition) is 2. The standard InChI is InChI=1S/C17H16ClF2NO2/c18-13-5-1-12(2-6-13)16(10-22)21-17(23)8-4-11-3-7-14(19)9-15(11)20/h1-3,5-7,9,16,22H,4,8,10H2,(H,21,23). The first kappa shape index (κ1) is 17.4. The Morgan fingerprint density at radius 3 is 2.48 bits per heavy atom. The van der Waals surface area contributed by atoms with Gasteiger partial charge in [0.15, 0.2) is 0 Å². The van der Waals surface area contributed by atoms with Crippen LogP contribution in [-0.2, 0) is 11.2 Å². The molecule has 0 radical (unpaired) electrons. The highest BCUT2D eigenvalue weighted by Crippen LogP contribution is 2.17. The highest BCUT2D eigenvalue weighted by atomic mass is 35.5. The van der Waals surface area contributed by atoms with Crippen LogP contribution in [0.4, 0.5) is 8.78 Å². The Bertz CT molecular complexity index is 677. The smallest absolute Gasteiger partial charge is 0.220 e. The van der Waals surface area contributed by atoms with E-state index in [1.54, 1.807) is 24.3 Å². The molecule has 1 atom stereocenters. The summed E-state index contributed by atoms with van der Waals surface area (Å²) >= 11 is 5.80. The minimum Gasteiger partial charge on any atom is -0.394 e. The highest BCUT2D eigenvalue weighted by Gasteiger charge is 2.14. The van der Waals surface area contributed by atoms with Crippen LogP contribution in [0.25, 0.3) is 0 Å². The molecule has 0 aliphatic heterocycles. The molecule has 0 aliphatic carbocycles. The van der Waals surface area contributed by atoms with Crippen molar-refractivity contribution in [3.63, 3.8) is 0 Å². The van der Waals surface area contributed by atoms with Gasteiger partial charge in [0, 0.05) is 17.5 Å².